The zero-order chi connectivity index (χ0) is 19.6. The summed E-state index contributed by atoms with van der Waals surface area (Å²) < 4.78 is 5.08. The predicted octanol–water partition coefficient (Wildman–Crippen LogP) is 1.22. The molecule has 0 bridgehead atoms. The standard InChI is InChI=1S/C19H29N5O3.HI/c1-4-17(25)24-12-9-15(13-24)23-19(20-2)22-11-10-21-18(26)14-5-7-16(27-3)8-6-14;/h5-8,15H,4,9-13H2,1-3H3,(H,21,26)(H2,20,22,23);1H. The zero-order valence-electron chi connectivity index (χ0n) is 16.7. The molecule has 1 atom stereocenters. The van der Waals surface area contributed by atoms with E-state index in [0.717, 1.165) is 13.0 Å². The molecular formula is C19H30IN5O3. The summed E-state index contributed by atoms with van der Waals surface area (Å²) in [6.07, 6.45) is 1.44. The maximum absolute atomic E-state index is 12.1. The second kappa shape index (κ2) is 12.4. The van der Waals surface area contributed by atoms with Gasteiger partial charge in [0.15, 0.2) is 5.96 Å². The van der Waals surface area contributed by atoms with E-state index >= 15 is 0 Å². The number of rotatable bonds is 7. The highest BCUT2D eigenvalue weighted by Gasteiger charge is 2.25. The number of nitrogens with zero attached hydrogens (tertiary/aromatic N) is 2. The molecule has 1 heterocycles. The molecule has 1 unspecified atom stereocenters. The first-order valence-corrected chi connectivity index (χ1v) is 9.24. The highest BCUT2D eigenvalue weighted by atomic mass is 127. The number of guanidine groups is 1. The number of carbonyl (C=O) groups is 2. The Kier molecular flexibility index (Phi) is 10.6. The van der Waals surface area contributed by atoms with Gasteiger partial charge in [-0.25, -0.2) is 0 Å². The van der Waals surface area contributed by atoms with Crippen LogP contribution in [0.25, 0.3) is 0 Å². The first-order valence-electron chi connectivity index (χ1n) is 9.24. The molecule has 28 heavy (non-hydrogen) atoms. The summed E-state index contributed by atoms with van der Waals surface area (Å²) >= 11 is 0. The second-order valence-electron chi connectivity index (χ2n) is 6.31. The van der Waals surface area contributed by atoms with E-state index < -0.39 is 0 Å². The first kappa shape index (κ1) is 24.0. The maximum atomic E-state index is 12.1. The molecule has 9 heteroatoms. The number of aliphatic imine (C=N–C) groups is 1. The van der Waals surface area contributed by atoms with E-state index in [1.54, 1.807) is 38.4 Å². The van der Waals surface area contributed by atoms with Crippen molar-refractivity contribution in [2.75, 3.05) is 40.3 Å². The van der Waals surface area contributed by atoms with Crippen molar-refractivity contribution in [1.82, 2.24) is 20.9 Å². The number of halogens is 1. The van der Waals surface area contributed by atoms with Gasteiger partial charge in [-0.15, -0.1) is 24.0 Å². The van der Waals surface area contributed by atoms with Crippen LogP contribution < -0.4 is 20.7 Å². The lowest BCUT2D eigenvalue weighted by molar-refractivity contribution is -0.129. The Balaban J connectivity index is 0.00000392. The Morgan fingerprint density at radius 3 is 2.50 bits per heavy atom. The van der Waals surface area contributed by atoms with E-state index in [1.165, 1.54) is 0 Å². The Morgan fingerprint density at radius 2 is 1.89 bits per heavy atom. The summed E-state index contributed by atoms with van der Waals surface area (Å²) in [4.78, 5) is 29.9. The van der Waals surface area contributed by atoms with Crippen molar-refractivity contribution in [3.8, 4) is 5.75 Å². The van der Waals surface area contributed by atoms with Crippen LogP contribution in [0.5, 0.6) is 5.75 Å². The van der Waals surface area contributed by atoms with Gasteiger partial charge in [-0.1, -0.05) is 6.92 Å². The fourth-order valence-corrected chi connectivity index (χ4v) is 2.92. The minimum Gasteiger partial charge on any atom is -0.497 e. The van der Waals surface area contributed by atoms with Crippen LogP contribution in [-0.2, 0) is 4.79 Å². The molecule has 3 N–H and O–H groups in total. The van der Waals surface area contributed by atoms with E-state index in [2.05, 4.69) is 20.9 Å². The number of likely N-dealkylation sites (tertiary alicyclic amines) is 1. The molecule has 0 radical (unpaired) electrons. The molecule has 2 amide bonds. The average Bonchev–Trinajstić information content (AvgIpc) is 3.18. The van der Waals surface area contributed by atoms with Gasteiger partial charge in [-0.05, 0) is 30.7 Å². The number of methoxy groups -OCH3 is 1. The van der Waals surface area contributed by atoms with Crippen molar-refractivity contribution in [2.24, 2.45) is 4.99 Å². The average molecular weight is 503 g/mol. The summed E-state index contributed by atoms with van der Waals surface area (Å²) in [6, 6.07) is 7.16. The van der Waals surface area contributed by atoms with Crippen molar-refractivity contribution >= 4 is 41.8 Å². The normalized spacial score (nSPS) is 16.2. The Bertz CT molecular complexity index is 666. The third kappa shape index (κ3) is 7.17. The molecule has 0 spiro atoms. The van der Waals surface area contributed by atoms with Crippen LogP contribution in [0.2, 0.25) is 0 Å². The Hall–Kier alpha value is -2.04. The molecule has 156 valence electrons. The van der Waals surface area contributed by atoms with Crippen LogP contribution >= 0.6 is 24.0 Å². The lowest BCUT2D eigenvalue weighted by atomic mass is 10.2. The van der Waals surface area contributed by atoms with Crippen molar-refractivity contribution in [3.63, 3.8) is 0 Å². The van der Waals surface area contributed by atoms with Gasteiger partial charge in [0.1, 0.15) is 5.75 Å². The molecule has 1 aliphatic rings. The Morgan fingerprint density at radius 1 is 1.21 bits per heavy atom. The van der Waals surface area contributed by atoms with Crippen LogP contribution in [0, 0.1) is 0 Å². The topological polar surface area (TPSA) is 95.1 Å². The van der Waals surface area contributed by atoms with Crippen LogP contribution in [0.15, 0.2) is 29.3 Å². The molecule has 1 aliphatic heterocycles. The highest BCUT2D eigenvalue weighted by molar-refractivity contribution is 14.0. The molecule has 1 aromatic carbocycles. The van der Waals surface area contributed by atoms with Gasteiger partial charge in [-0.3, -0.25) is 14.6 Å². The lowest BCUT2D eigenvalue weighted by Crippen LogP contribution is -2.46. The van der Waals surface area contributed by atoms with E-state index in [4.69, 9.17) is 4.74 Å². The molecule has 0 saturated carbocycles. The number of carbonyl (C=O) groups excluding carboxylic acids is 2. The fourth-order valence-electron chi connectivity index (χ4n) is 2.92. The van der Waals surface area contributed by atoms with E-state index in [9.17, 15) is 9.59 Å². The summed E-state index contributed by atoms with van der Waals surface area (Å²) in [7, 11) is 3.29. The molecule has 0 aliphatic carbocycles. The minimum absolute atomic E-state index is 0. The maximum Gasteiger partial charge on any atom is 0.251 e. The molecular weight excluding hydrogens is 473 g/mol. The Labute approximate surface area is 183 Å². The van der Waals surface area contributed by atoms with Gasteiger partial charge in [0.25, 0.3) is 5.91 Å². The van der Waals surface area contributed by atoms with Crippen molar-refractivity contribution < 1.29 is 14.3 Å². The number of hydrogen-bond acceptors (Lipinski definition) is 4. The number of benzene rings is 1. The molecule has 1 fully saturated rings. The van der Waals surface area contributed by atoms with Crippen LogP contribution in [-0.4, -0.2) is 69.1 Å². The number of nitrogens with one attached hydrogen (secondary N) is 3. The first-order chi connectivity index (χ1) is 13.1. The van der Waals surface area contributed by atoms with Gasteiger partial charge >= 0.3 is 0 Å². The smallest absolute Gasteiger partial charge is 0.251 e. The van der Waals surface area contributed by atoms with Crippen molar-refractivity contribution in [3.05, 3.63) is 29.8 Å². The molecule has 0 aromatic heterocycles. The molecule has 1 saturated heterocycles. The predicted molar refractivity (Wildman–Crippen MR) is 121 cm³/mol. The monoisotopic (exact) mass is 503 g/mol. The van der Waals surface area contributed by atoms with E-state index in [0.29, 0.717) is 43.3 Å². The number of ether oxygens (including phenoxy) is 1. The second-order valence-corrected chi connectivity index (χ2v) is 6.31. The number of amides is 2. The van der Waals surface area contributed by atoms with Gasteiger partial charge in [0, 0.05) is 51.3 Å². The van der Waals surface area contributed by atoms with E-state index in [-0.39, 0.29) is 41.8 Å². The van der Waals surface area contributed by atoms with Gasteiger partial charge in [-0.2, -0.15) is 0 Å². The lowest BCUT2D eigenvalue weighted by Gasteiger charge is -2.18. The third-order valence-electron chi connectivity index (χ3n) is 4.46. The molecule has 2 rings (SSSR count). The van der Waals surface area contributed by atoms with E-state index in [1.807, 2.05) is 11.8 Å². The molecule has 8 nitrogen and oxygen atoms in total. The highest BCUT2D eigenvalue weighted by Crippen LogP contribution is 2.11. The summed E-state index contributed by atoms with van der Waals surface area (Å²) in [5, 5.41) is 9.37. The summed E-state index contributed by atoms with van der Waals surface area (Å²) in [5.74, 6) is 1.44. The van der Waals surface area contributed by atoms with Crippen LogP contribution in [0.3, 0.4) is 0 Å². The summed E-state index contributed by atoms with van der Waals surface area (Å²) in [6.45, 7) is 4.37. The minimum atomic E-state index is -0.132. The zero-order valence-corrected chi connectivity index (χ0v) is 19.0. The van der Waals surface area contributed by atoms with Gasteiger partial charge in [0.05, 0.1) is 7.11 Å². The van der Waals surface area contributed by atoms with Crippen molar-refractivity contribution in [2.45, 2.75) is 25.8 Å². The fraction of sp³-hybridized carbons (Fsp3) is 0.526. The molecule has 1 aromatic rings. The largest absolute Gasteiger partial charge is 0.497 e. The van der Waals surface area contributed by atoms with Crippen molar-refractivity contribution in [1.29, 1.82) is 0 Å². The third-order valence-corrected chi connectivity index (χ3v) is 4.46. The quantitative estimate of drug-likeness (QED) is 0.225. The van der Waals surface area contributed by atoms with Gasteiger partial charge in [0.2, 0.25) is 5.91 Å². The number of hydrogen-bond donors (Lipinski definition) is 3. The van der Waals surface area contributed by atoms with Gasteiger partial charge < -0.3 is 25.6 Å². The SMILES string of the molecule is CCC(=O)N1CCC(NC(=NC)NCCNC(=O)c2ccc(OC)cc2)C1.I. The van der Waals surface area contributed by atoms with Crippen LogP contribution in [0.4, 0.5) is 0 Å². The summed E-state index contributed by atoms with van der Waals surface area (Å²) in [5.41, 5.74) is 0.588. The van der Waals surface area contributed by atoms with Crippen LogP contribution in [0.1, 0.15) is 30.1 Å².